The molecule has 2 aromatic rings. The van der Waals surface area contributed by atoms with Gasteiger partial charge in [0.05, 0.1) is 35.7 Å². The minimum atomic E-state index is 0.177. The quantitative estimate of drug-likeness (QED) is 0.844. The predicted molar refractivity (Wildman–Crippen MR) is 73.6 cm³/mol. The number of nitrogen functional groups attached to an aromatic ring is 1. The van der Waals surface area contributed by atoms with Crippen molar-refractivity contribution in [3.05, 3.63) is 30.5 Å². The lowest BCUT2D eigenvalue weighted by molar-refractivity contribution is 0.266. The number of aliphatic hydroxyl groups excluding tert-OH is 1. The molecule has 2 heterocycles. The molecule has 0 bridgehead atoms. The van der Waals surface area contributed by atoms with Gasteiger partial charge in [-0.15, -0.1) is 0 Å². The van der Waals surface area contributed by atoms with Crippen LogP contribution in [0.25, 0.3) is 10.9 Å². The molecule has 0 amide bonds. The van der Waals surface area contributed by atoms with Crippen molar-refractivity contribution in [3.8, 4) is 0 Å². The smallest absolute Gasteiger partial charge is 0.0745 e. The van der Waals surface area contributed by atoms with Crippen LogP contribution in [-0.2, 0) is 0 Å². The van der Waals surface area contributed by atoms with Gasteiger partial charge in [-0.05, 0) is 18.9 Å². The molecule has 18 heavy (non-hydrogen) atoms. The Hall–Kier alpha value is -1.81. The van der Waals surface area contributed by atoms with Gasteiger partial charge in [0.2, 0.25) is 0 Å². The number of hydrogen-bond donors (Lipinski definition) is 2. The molecule has 1 aromatic carbocycles. The maximum atomic E-state index is 9.46. The molecule has 4 nitrogen and oxygen atoms in total. The third kappa shape index (κ3) is 1.69. The topological polar surface area (TPSA) is 62.4 Å². The van der Waals surface area contributed by atoms with E-state index in [1.807, 2.05) is 24.3 Å². The maximum Gasteiger partial charge on any atom is 0.0745 e. The molecule has 0 saturated carbocycles. The zero-order valence-electron chi connectivity index (χ0n) is 10.2. The Labute approximate surface area is 106 Å². The molecule has 1 saturated heterocycles. The lowest BCUT2D eigenvalue weighted by Gasteiger charge is -2.27. The van der Waals surface area contributed by atoms with E-state index in [4.69, 9.17) is 5.73 Å². The highest BCUT2D eigenvalue weighted by atomic mass is 16.3. The molecule has 1 atom stereocenters. The van der Waals surface area contributed by atoms with Gasteiger partial charge < -0.3 is 15.7 Å². The van der Waals surface area contributed by atoms with E-state index >= 15 is 0 Å². The average molecular weight is 243 g/mol. The SMILES string of the molecule is Nc1cnc2ccccc2c1N1CCCC1CO. The first kappa shape index (κ1) is 11.3. The van der Waals surface area contributed by atoms with E-state index in [2.05, 4.69) is 9.88 Å². The first-order valence-electron chi connectivity index (χ1n) is 6.32. The summed E-state index contributed by atoms with van der Waals surface area (Å²) in [6.45, 7) is 1.12. The lowest BCUT2D eigenvalue weighted by atomic mass is 10.1. The van der Waals surface area contributed by atoms with E-state index in [1.54, 1.807) is 6.20 Å². The highest BCUT2D eigenvalue weighted by Gasteiger charge is 2.26. The number of rotatable bonds is 2. The molecule has 3 N–H and O–H groups in total. The summed E-state index contributed by atoms with van der Waals surface area (Å²) in [4.78, 5) is 6.57. The molecule has 3 rings (SSSR count). The van der Waals surface area contributed by atoms with Crippen LogP contribution in [-0.4, -0.2) is 29.3 Å². The molecule has 1 aliphatic rings. The van der Waals surface area contributed by atoms with Gasteiger partial charge >= 0.3 is 0 Å². The minimum Gasteiger partial charge on any atom is -0.396 e. The fourth-order valence-electron chi connectivity index (χ4n) is 2.78. The molecule has 1 unspecified atom stereocenters. The Kier molecular flexibility index (Phi) is 2.80. The molecule has 0 spiro atoms. The summed E-state index contributed by atoms with van der Waals surface area (Å²) in [6.07, 6.45) is 3.83. The van der Waals surface area contributed by atoms with Gasteiger partial charge in [-0.1, -0.05) is 18.2 Å². The summed E-state index contributed by atoms with van der Waals surface area (Å²) in [7, 11) is 0. The van der Waals surface area contributed by atoms with Crippen LogP contribution >= 0.6 is 0 Å². The van der Waals surface area contributed by atoms with Crippen molar-refractivity contribution in [2.24, 2.45) is 0 Å². The molecular formula is C14H17N3O. The van der Waals surface area contributed by atoms with E-state index in [1.165, 1.54) is 0 Å². The van der Waals surface area contributed by atoms with E-state index in [-0.39, 0.29) is 12.6 Å². The number of para-hydroxylation sites is 1. The van der Waals surface area contributed by atoms with Gasteiger partial charge in [-0.2, -0.15) is 0 Å². The van der Waals surface area contributed by atoms with Crippen LogP contribution in [0.2, 0.25) is 0 Å². The Bertz CT molecular complexity index is 570. The number of benzene rings is 1. The number of nitrogens with two attached hydrogens (primary N) is 1. The van der Waals surface area contributed by atoms with Crippen LogP contribution in [0.1, 0.15) is 12.8 Å². The van der Waals surface area contributed by atoms with Gasteiger partial charge in [0.15, 0.2) is 0 Å². The van der Waals surface area contributed by atoms with Crippen LogP contribution in [0.15, 0.2) is 30.5 Å². The van der Waals surface area contributed by atoms with Gasteiger partial charge in [0.25, 0.3) is 0 Å². The summed E-state index contributed by atoms with van der Waals surface area (Å²) < 4.78 is 0. The Morgan fingerprint density at radius 3 is 3.06 bits per heavy atom. The third-order valence-electron chi connectivity index (χ3n) is 3.65. The number of hydrogen-bond acceptors (Lipinski definition) is 4. The largest absolute Gasteiger partial charge is 0.396 e. The van der Waals surface area contributed by atoms with Crippen LogP contribution in [0, 0.1) is 0 Å². The van der Waals surface area contributed by atoms with Crippen molar-refractivity contribution in [3.63, 3.8) is 0 Å². The van der Waals surface area contributed by atoms with Gasteiger partial charge in [-0.25, -0.2) is 0 Å². The molecule has 1 aliphatic heterocycles. The highest BCUT2D eigenvalue weighted by Crippen LogP contribution is 2.35. The highest BCUT2D eigenvalue weighted by molar-refractivity contribution is 5.97. The summed E-state index contributed by atoms with van der Waals surface area (Å²) >= 11 is 0. The fraction of sp³-hybridized carbons (Fsp3) is 0.357. The van der Waals surface area contributed by atoms with Crippen molar-refractivity contribution in [1.29, 1.82) is 0 Å². The summed E-state index contributed by atoms with van der Waals surface area (Å²) in [5.41, 5.74) is 8.76. The van der Waals surface area contributed by atoms with E-state index in [0.29, 0.717) is 5.69 Å². The Morgan fingerprint density at radius 2 is 2.22 bits per heavy atom. The standard InChI is InChI=1S/C14H17N3O/c15-12-8-16-13-6-2-1-5-11(13)14(12)17-7-3-4-10(17)9-18/h1-2,5-6,8,10,18H,3-4,7,9,15H2. The van der Waals surface area contributed by atoms with Crippen LogP contribution in [0.4, 0.5) is 11.4 Å². The Balaban J connectivity index is 2.18. The fourth-order valence-corrected chi connectivity index (χ4v) is 2.78. The maximum absolute atomic E-state index is 9.46. The molecule has 0 radical (unpaired) electrons. The summed E-state index contributed by atoms with van der Waals surface area (Å²) in [5.74, 6) is 0. The number of aromatic nitrogens is 1. The number of nitrogens with zero attached hydrogens (tertiary/aromatic N) is 2. The van der Waals surface area contributed by atoms with Crippen molar-refractivity contribution in [1.82, 2.24) is 4.98 Å². The van der Waals surface area contributed by atoms with Crippen LogP contribution in [0.3, 0.4) is 0 Å². The van der Waals surface area contributed by atoms with Gasteiger partial charge in [0, 0.05) is 11.9 Å². The molecule has 1 aromatic heterocycles. The first-order chi connectivity index (χ1) is 8.81. The number of aliphatic hydroxyl groups is 1. The molecule has 0 aliphatic carbocycles. The zero-order chi connectivity index (χ0) is 12.5. The number of fused-ring (bicyclic) bond motifs is 1. The second-order valence-electron chi connectivity index (χ2n) is 4.75. The minimum absolute atomic E-state index is 0.177. The molecule has 1 fully saturated rings. The number of pyridine rings is 1. The summed E-state index contributed by atoms with van der Waals surface area (Å²) in [6, 6.07) is 8.18. The normalized spacial score (nSPS) is 19.6. The molecule has 4 heteroatoms. The van der Waals surface area contributed by atoms with Crippen LogP contribution < -0.4 is 10.6 Å². The van der Waals surface area contributed by atoms with Gasteiger partial charge in [0.1, 0.15) is 0 Å². The van der Waals surface area contributed by atoms with E-state index < -0.39 is 0 Å². The number of anilines is 2. The molecule has 94 valence electrons. The Morgan fingerprint density at radius 1 is 1.39 bits per heavy atom. The monoisotopic (exact) mass is 243 g/mol. The molecular weight excluding hydrogens is 226 g/mol. The van der Waals surface area contributed by atoms with Crippen LogP contribution in [0.5, 0.6) is 0 Å². The second kappa shape index (κ2) is 4.46. The zero-order valence-corrected chi connectivity index (χ0v) is 10.2. The van der Waals surface area contributed by atoms with Gasteiger partial charge in [-0.3, -0.25) is 4.98 Å². The summed E-state index contributed by atoms with van der Waals surface area (Å²) in [5, 5.41) is 10.5. The van der Waals surface area contributed by atoms with Crippen molar-refractivity contribution >= 4 is 22.3 Å². The van der Waals surface area contributed by atoms with E-state index in [9.17, 15) is 5.11 Å². The van der Waals surface area contributed by atoms with E-state index in [0.717, 1.165) is 36.0 Å². The third-order valence-corrected chi connectivity index (χ3v) is 3.65. The lowest BCUT2D eigenvalue weighted by Crippen LogP contribution is -2.32. The van der Waals surface area contributed by atoms with Crippen molar-refractivity contribution in [2.45, 2.75) is 18.9 Å². The predicted octanol–water partition coefficient (Wildman–Crippen LogP) is 1.78. The average Bonchev–Trinajstić information content (AvgIpc) is 2.86. The second-order valence-corrected chi connectivity index (χ2v) is 4.75. The van der Waals surface area contributed by atoms with Crippen molar-refractivity contribution < 1.29 is 5.11 Å². The van der Waals surface area contributed by atoms with Crippen molar-refractivity contribution in [2.75, 3.05) is 23.8 Å². The first-order valence-corrected chi connectivity index (χ1v) is 6.32.